The fourth-order valence-electron chi connectivity index (χ4n) is 3.05. The summed E-state index contributed by atoms with van der Waals surface area (Å²) in [6.45, 7) is 3.76. The van der Waals surface area contributed by atoms with E-state index < -0.39 is 0 Å². The minimum absolute atomic E-state index is 0.386. The fourth-order valence-corrected chi connectivity index (χ4v) is 3.05. The van der Waals surface area contributed by atoms with Crippen LogP contribution in [0, 0.1) is 0 Å². The van der Waals surface area contributed by atoms with Crippen LogP contribution >= 0.6 is 0 Å². The number of benzene rings is 1. The largest absolute Gasteiger partial charge is 0.463 e. The third kappa shape index (κ3) is 2.86. The van der Waals surface area contributed by atoms with Crippen molar-refractivity contribution >= 4 is 16.7 Å². The molecule has 1 unspecified atom stereocenters. The van der Waals surface area contributed by atoms with E-state index in [1.165, 1.54) is 6.42 Å². The number of aromatic nitrogens is 2. The average Bonchev–Trinajstić information content (AvgIpc) is 3.01. The first-order valence-corrected chi connectivity index (χ1v) is 8.03. The minimum atomic E-state index is 0.386. The van der Waals surface area contributed by atoms with E-state index in [0.717, 1.165) is 36.1 Å². The van der Waals surface area contributed by atoms with E-state index >= 15 is 0 Å². The highest BCUT2D eigenvalue weighted by atomic mass is 16.5. The summed E-state index contributed by atoms with van der Waals surface area (Å²) < 4.78 is 5.70. The van der Waals surface area contributed by atoms with E-state index in [2.05, 4.69) is 41.9 Å². The van der Waals surface area contributed by atoms with Crippen LogP contribution in [0.2, 0.25) is 0 Å². The van der Waals surface area contributed by atoms with E-state index in [1.807, 2.05) is 18.2 Å². The van der Waals surface area contributed by atoms with Crippen LogP contribution in [0.5, 0.6) is 6.01 Å². The first-order chi connectivity index (χ1) is 10.7. The van der Waals surface area contributed by atoms with E-state index in [1.54, 1.807) is 0 Å². The zero-order valence-electron chi connectivity index (χ0n) is 13.6. The van der Waals surface area contributed by atoms with Crippen LogP contribution in [0.1, 0.15) is 26.2 Å². The van der Waals surface area contributed by atoms with Gasteiger partial charge in [0.1, 0.15) is 5.82 Å². The average molecular weight is 300 g/mol. The lowest BCUT2D eigenvalue weighted by atomic mass is 10.2. The third-order valence-corrected chi connectivity index (χ3v) is 4.09. The molecule has 0 radical (unpaired) electrons. The number of fused-ring (bicyclic) bond motifs is 1. The van der Waals surface area contributed by atoms with Gasteiger partial charge in [0.05, 0.1) is 18.3 Å². The molecule has 1 aromatic heterocycles. The Hall–Kier alpha value is -1.88. The Morgan fingerprint density at radius 1 is 1.27 bits per heavy atom. The van der Waals surface area contributed by atoms with Gasteiger partial charge in [-0.3, -0.25) is 4.90 Å². The van der Waals surface area contributed by atoms with Crippen molar-refractivity contribution in [3.63, 3.8) is 0 Å². The normalized spacial score (nSPS) is 18.4. The number of hydrogen-bond donors (Lipinski definition) is 0. The van der Waals surface area contributed by atoms with Crippen molar-refractivity contribution in [3.05, 3.63) is 24.3 Å². The first-order valence-electron chi connectivity index (χ1n) is 8.03. The number of rotatable bonds is 5. The zero-order chi connectivity index (χ0) is 15.5. The van der Waals surface area contributed by atoms with Gasteiger partial charge in [0, 0.05) is 11.9 Å². The van der Waals surface area contributed by atoms with Gasteiger partial charge in [-0.2, -0.15) is 9.97 Å². The van der Waals surface area contributed by atoms with E-state index in [-0.39, 0.29) is 0 Å². The zero-order valence-corrected chi connectivity index (χ0v) is 13.6. The third-order valence-electron chi connectivity index (χ3n) is 4.09. The van der Waals surface area contributed by atoms with Gasteiger partial charge in [0.2, 0.25) is 0 Å². The van der Waals surface area contributed by atoms with E-state index in [9.17, 15) is 0 Å². The Labute approximate surface area is 131 Å². The van der Waals surface area contributed by atoms with Gasteiger partial charge in [-0.15, -0.1) is 0 Å². The maximum atomic E-state index is 5.70. The van der Waals surface area contributed by atoms with Crippen LogP contribution in [0.25, 0.3) is 10.9 Å². The highest BCUT2D eigenvalue weighted by Gasteiger charge is 2.29. The van der Waals surface area contributed by atoms with Gasteiger partial charge < -0.3 is 9.64 Å². The number of hydrogen-bond acceptors (Lipinski definition) is 5. The molecule has 0 aliphatic carbocycles. The van der Waals surface area contributed by atoms with Crippen molar-refractivity contribution in [1.29, 1.82) is 0 Å². The molecular weight excluding hydrogens is 276 g/mol. The van der Waals surface area contributed by atoms with E-state index in [0.29, 0.717) is 18.8 Å². The molecule has 118 valence electrons. The Balaban J connectivity index is 2.06. The fraction of sp³-hybridized carbons (Fsp3) is 0.529. The molecule has 0 N–H and O–H groups in total. The second-order valence-electron chi connectivity index (χ2n) is 5.98. The summed E-state index contributed by atoms with van der Waals surface area (Å²) in [4.78, 5) is 13.9. The second kappa shape index (κ2) is 6.48. The van der Waals surface area contributed by atoms with Gasteiger partial charge in [-0.25, -0.2) is 0 Å². The van der Waals surface area contributed by atoms with Gasteiger partial charge in [-0.1, -0.05) is 19.1 Å². The summed E-state index contributed by atoms with van der Waals surface area (Å²) >= 11 is 0. The molecule has 0 saturated carbocycles. The molecule has 22 heavy (non-hydrogen) atoms. The van der Waals surface area contributed by atoms with Gasteiger partial charge in [-0.05, 0) is 45.5 Å². The molecule has 5 heteroatoms. The molecule has 1 aromatic carbocycles. The maximum Gasteiger partial charge on any atom is 0.318 e. The lowest BCUT2D eigenvalue weighted by molar-refractivity contribution is 0.288. The molecule has 2 aromatic rings. The molecule has 0 bridgehead atoms. The minimum Gasteiger partial charge on any atom is -0.463 e. The maximum absolute atomic E-state index is 5.70. The highest BCUT2D eigenvalue weighted by molar-refractivity contribution is 5.90. The van der Waals surface area contributed by atoms with Crippen LogP contribution in [0.4, 0.5) is 5.82 Å². The lowest BCUT2D eigenvalue weighted by Crippen LogP contribution is -2.41. The summed E-state index contributed by atoms with van der Waals surface area (Å²) in [5.41, 5.74) is 0.947. The van der Waals surface area contributed by atoms with Gasteiger partial charge in [0.15, 0.2) is 0 Å². The van der Waals surface area contributed by atoms with Crippen LogP contribution in [-0.2, 0) is 0 Å². The van der Waals surface area contributed by atoms with Crippen molar-refractivity contribution < 1.29 is 4.74 Å². The monoisotopic (exact) mass is 300 g/mol. The summed E-state index contributed by atoms with van der Waals surface area (Å²) in [7, 11) is 4.25. The number of anilines is 1. The van der Waals surface area contributed by atoms with Gasteiger partial charge in [0.25, 0.3) is 0 Å². The van der Waals surface area contributed by atoms with E-state index in [4.69, 9.17) is 9.72 Å². The Morgan fingerprint density at radius 2 is 2.09 bits per heavy atom. The van der Waals surface area contributed by atoms with Crippen LogP contribution in [-0.4, -0.2) is 48.3 Å². The summed E-state index contributed by atoms with van der Waals surface area (Å²) in [6.07, 6.45) is 3.69. The smallest absolute Gasteiger partial charge is 0.318 e. The van der Waals surface area contributed by atoms with Crippen LogP contribution in [0.3, 0.4) is 0 Å². The number of ether oxygens (including phenoxy) is 1. The summed E-state index contributed by atoms with van der Waals surface area (Å²) in [5.74, 6) is 0.993. The second-order valence-corrected chi connectivity index (χ2v) is 5.98. The van der Waals surface area contributed by atoms with Gasteiger partial charge >= 0.3 is 6.01 Å². The van der Waals surface area contributed by atoms with Crippen molar-refractivity contribution in [2.24, 2.45) is 0 Å². The quantitative estimate of drug-likeness (QED) is 0.849. The Bertz CT molecular complexity index is 644. The highest BCUT2D eigenvalue weighted by Crippen LogP contribution is 2.32. The summed E-state index contributed by atoms with van der Waals surface area (Å²) in [6, 6.07) is 8.66. The van der Waals surface area contributed by atoms with Crippen molar-refractivity contribution in [2.45, 2.75) is 32.4 Å². The topological polar surface area (TPSA) is 41.5 Å². The predicted molar refractivity (Wildman–Crippen MR) is 89.4 cm³/mol. The molecule has 2 heterocycles. The Morgan fingerprint density at radius 3 is 2.86 bits per heavy atom. The molecule has 1 aliphatic rings. The molecule has 0 amide bonds. The number of nitrogens with zero attached hydrogens (tertiary/aromatic N) is 4. The van der Waals surface area contributed by atoms with Crippen molar-refractivity contribution in [1.82, 2.24) is 14.9 Å². The van der Waals surface area contributed by atoms with Crippen molar-refractivity contribution in [2.75, 3.05) is 32.1 Å². The van der Waals surface area contributed by atoms with Crippen LogP contribution in [0.15, 0.2) is 24.3 Å². The molecule has 1 fully saturated rings. The molecule has 5 nitrogen and oxygen atoms in total. The molecule has 0 spiro atoms. The lowest BCUT2D eigenvalue weighted by Gasteiger charge is -2.31. The Kier molecular flexibility index (Phi) is 4.43. The molecule has 1 atom stereocenters. The molecule has 1 aliphatic heterocycles. The molecule has 1 saturated heterocycles. The molecular formula is C17H24N4O. The SMILES string of the molecule is CCCOc1nc(N2CCCC2N(C)C)c2ccccc2n1. The summed E-state index contributed by atoms with van der Waals surface area (Å²) in [5, 5.41) is 1.10. The standard InChI is InChI=1S/C17H24N4O/c1-4-12-22-17-18-14-9-6-5-8-13(14)16(19-17)21-11-7-10-15(21)20(2)3/h5-6,8-9,15H,4,7,10-12H2,1-3H3. The first kappa shape index (κ1) is 15.0. The number of para-hydroxylation sites is 1. The molecule has 3 rings (SSSR count). The van der Waals surface area contributed by atoms with Crippen LogP contribution < -0.4 is 9.64 Å². The predicted octanol–water partition coefficient (Wildman–Crippen LogP) is 2.91. The van der Waals surface area contributed by atoms with Crippen molar-refractivity contribution in [3.8, 4) is 6.01 Å².